The standard InChI is InChI=1S/C76H129NO8/c1-6-8-10-12-14-16-18-20-22-24-26-28-29-30-31-32-33-34-35-36-37-38-39-40-41-42-43-44-45-47-49-51-53-55-57-59-61-63-65-67-74(79)85-72(71-84-76(75(80)81)82-69-68-77(3,4)5)70-83-73(78)66-64-62-60-58-56-54-52-50-48-46-27-25-23-21-19-17-15-13-11-9-7-2/h8-11,14-17,20-23,26-28,30-31,33-34,46,72,76H,6-7,12-13,18-19,24-25,29,32,35-45,47-71H2,1-5H3/b10-8-,11-9-,16-14-,17-15-,22-20-,23-21-,28-26-,31-30-,34-33-,46-27-. The van der Waals surface area contributed by atoms with Gasteiger partial charge in [0.25, 0.3) is 0 Å². The summed E-state index contributed by atoms with van der Waals surface area (Å²) in [5.41, 5.74) is 0. The number of carbonyl (C=O) groups excluding carboxylic acids is 3. The lowest BCUT2D eigenvalue weighted by Gasteiger charge is -2.26. The molecule has 2 atom stereocenters. The Hall–Kier alpha value is -4.31. The Balaban J connectivity index is 4.06. The number of carbonyl (C=O) groups is 3. The number of quaternary nitrogens is 1. The van der Waals surface area contributed by atoms with Gasteiger partial charge >= 0.3 is 11.9 Å². The van der Waals surface area contributed by atoms with Crippen molar-refractivity contribution in [3.05, 3.63) is 122 Å². The molecule has 2 unspecified atom stereocenters. The van der Waals surface area contributed by atoms with E-state index >= 15 is 0 Å². The quantitative estimate of drug-likeness (QED) is 0.0195. The minimum Gasteiger partial charge on any atom is -0.545 e. The first-order chi connectivity index (χ1) is 41.6. The molecule has 0 aliphatic rings. The Morgan fingerprint density at radius 3 is 0.941 bits per heavy atom. The summed E-state index contributed by atoms with van der Waals surface area (Å²) in [6.45, 7) is 4.53. The van der Waals surface area contributed by atoms with E-state index in [1.54, 1.807) is 0 Å². The van der Waals surface area contributed by atoms with Crippen molar-refractivity contribution in [3.8, 4) is 0 Å². The lowest BCUT2D eigenvalue weighted by Crippen LogP contribution is -2.44. The molecule has 0 radical (unpaired) electrons. The topological polar surface area (TPSA) is 111 Å². The molecule has 0 aromatic heterocycles. The highest BCUT2D eigenvalue weighted by molar-refractivity contribution is 5.70. The largest absolute Gasteiger partial charge is 0.545 e. The highest BCUT2D eigenvalue weighted by atomic mass is 16.7. The van der Waals surface area contributed by atoms with Crippen LogP contribution in [0.3, 0.4) is 0 Å². The zero-order valence-electron chi connectivity index (χ0n) is 55.4. The van der Waals surface area contributed by atoms with Crippen LogP contribution in [0.25, 0.3) is 0 Å². The van der Waals surface area contributed by atoms with Crippen molar-refractivity contribution in [2.75, 3.05) is 47.5 Å². The van der Waals surface area contributed by atoms with Gasteiger partial charge in [0.05, 0.1) is 40.3 Å². The van der Waals surface area contributed by atoms with E-state index in [0.717, 1.165) is 116 Å². The van der Waals surface area contributed by atoms with Crippen LogP contribution < -0.4 is 5.11 Å². The van der Waals surface area contributed by atoms with E-state index in [1.807, 2.05) is 21.1 Å². The molecule has 486 valence electrons. The van der Waals surface area contributed by atoms with Gasteiger partial charge in [-0.2, -0.15) is 0 Å². The summed E-state index contributed by atoms with van der Waals surface area (Å²) >= 11 is 0. The van der Waals surface area contributed by atoms with E-state index in [0.29, 0.717) is 17.4 Å². The van der Waals surface area contributed by atoms with Gasteiger partial charge in [0, 0.05) is 12.8 Å². The summed E-state index contributed by atoms with van der Waals surface area (Å²) in [6.07, 6.45) is 90.0. The molecule has 0 aromatic carbocycles. The maximum Gasteiger partial charge on any atom is 0.306 e. The number of nitrogens with zero attached hydrogens (tertiary/aromatic N) is 1. The molecule has 0 bridgehead atoms. The summed E-state index contributed by atoms with van der Waals surface area (Å²) in [4.78, 5) is 37.5. The van der Waals surface area contributed by atoms with E-state index in [4.69, 9.17) is 18.9 Å². The average Bonchev–Trinajstić information content (AvgIpc) is 3.49. The second kappa shape index (κ2) is 65.7. The maximum atomic E-state index is 12.9. The van der Waals surface area contributed by atoms with Crippen LogP contribution >= 0.6 is 0 Å². The predicted molar refractivity (Wildman–Crippen MR) is 361 cm³/mol. The fraction of sp³-hybridized carbons (Fsp3) is 0.697. The predicted octanol–water partition coefficient (Wildman–Crippen LogP) is 20.2. The van der Waals surface area contributed by atoms with Crippen molar-refractivity contribution in [2.24, 2.45) is 0 Å². The highest BCUT2D eigenvalue weighted by Gasteiger charge is 2.22. The van der Waals surface area contributed by atoms with E-state index in [-0.39, 0.29) is 38.6 Å². The zero-order valence-corrected chi connectivity index (χ0v) is 55.4. The van der Waals surface area contributed by atoms with Crippen LogP contribution in [0.1, 0.15) is 284 Å². The van der Waals surface area contributed by atoms with Crippen molar-refractivity contribution in [1.82, 2.24) is 0 Å². The van der Waals surface area contributed by atoms with Crippen LogP contribution in [-0.4, -0.2) is 82.3 Å². The number of hydrogen-bond donors (Lipinski definition) is 0. The van der Waals surface area contributed by atoms with Crippen molar-refractivity contribution in [3.63, 3.8) is 0 Å². The number of ether oxygens (including phenoxy) is 4. The lowest BCUT2D eigenvalue weighted by molar-refractivity contribution is -0.870. The first-order valence-electron chi connectivity index (χ1n) is 34.7. The van der Waals surface area contributed by atoms with Crippen molar-refractivity contribution >= 4 is 17.9 Å². The minimum absolute atomic E-state index is 0.143. The fourth-order valence-electron chi connectivity index (χ4n) is 9.47. The molecule has 0 fully saturated rings. The number of esters is 2. The van der Waals surface area contributed by atoms with E-state index in [9.17, 15) is 19.5 Å². The zero-order chi connectivity index (χ0) is 61.9. The van der Waals surface area contributed by atoms with Gasteiger partial charge in [-0.3, -0.25) is 9.59 Å². The molecule has 0 saturated carbocycles. The SMILES string of the molecule is CC/C=C\C/C=C\C/C=C\C/C=C\C/C=C\C/C=C\CCCCCCCCCCCCCCCCCCCCCCC(=O)OC(COC(=O)CCCCCCCCCC/C=C\C/C=C\C/C=C\C/C=C\CC)COC(OCC[N+](C)(C)C)C(=O)[O-]. The molecule has 0 spiro atoms. The Kier molecular flexibility index (Phi) is 62.3. The molecule has 0 heterocycles. The van der Waals surface area contributed by atoms with Crippen LogP contribution in [0.4, 0.5) is 0 Å². The third-order valence-electron chi connectivity index (χ3n) is 14.7. The molecular formula is C76H129NO8. The molecule has 85 heavy (non-hydrogen) atoms. The van der Waals surface area contributed by atoms with Crippen LogP contribution in [0.2, 0.25) is 0 Å². The molecule has 0 N–H and O–H groups in total. The van der Waals surface area contributed by atoms with E-state index in [1.165, 1.54) is 135 Å². The Bertz CT molecular complexity index is 1810. The molecule has 9 nitrogen and oxygen atoms in total. The minimum atomic E-state index is -1.63. The van der Waals surface area contributed by atoms with Crippen LogP contribution in [0, 0.1) is 0 Å². The molecule has 0 aliphatic heterocycles. The molecule has 0 aliphatic carbocycles. The number of carboxylic acids is 1. The molecular weight excluding hydrogens is 1050 g/mol. The fourth-order valence-corrected chi connectivity index (χ4v) is 9.47. The Labute approximate surface area is 523 Å². The summed E-state index contributed by atoms with van der Waals surface area (Å²) < 4.78 is 22.8. The second-order valence-electron chi connectivity index (χ2n) is 24.1. The third-order valence-corrected chi connectivity index (χ3v) is 14.7. The van der Waals surface area contributed by atoms with Crippen molar-refractivity contribution < 1.29 is 42.9 Å². The molecule has 9 heteroatoms. The summed E-state index contributed by atoms with van der Waals surface area (Å²) in [5.74, 6) is -2.29. The number of carboxylic acid groups (broad SMARTS) is 1. The number of aliphatic carboxylic acids is 1. The van der Waals surface area contributed by atoms with Gasteiger partial charge in [0.15, 0.2) is 12.4 Å². The van der Waals surface area contributed by atoms with Crippen LogP contribution in [-0.2, 0) is 33.3 Å². The van der Waals surface area contributed by atoms with Crippen molar-refractivity contribution in [1.29, 1.82) is 0 Å². The maximum absolute atomic E-state index is 12.9. The number of unbranched alkanes of at least 4 members (excludes halogenated alkanes) is 28. The van der Waals surface area contributed by atoms with Gasteiger partial charge in [-0.25, -0.2) is 0 Å². The first-order valence-corrected chi connectivity index (χ1v) is 34.7. The molecule has 0 amide bonds. The Morgan fingerprint density at radius 2 is 0.635 bits per heavy atom. The van der Waals surface area contributed by atoms with E-state index in [2.05, 4.69) is 135 Å². The number of rotatable bonds is 63. The lowest BCUT2D eigenvalue weighted by atomic mass is 10.0. The number of likely N-dealkylation sites (N-methyl/N-ethyl adjacent to an activating group) is 1. The molecule has 0 saturated heterocycles. The normalized spacial score (nSPS) is 13.5. The molecule has 0 aromatic rings. The second-order valence-corrected chi connectivity index (χ2v) is 24.1. The highest BCUT2D eigenvalue weighted by Crippen LogP contribution is 2.17. The number of hydrogen-bond acceptors (Lipinski definition) is 8. The smallest absolute Gasteiger partial charge is 0.306 e. The number of allylic oxidation sites excluding steroid dienone is 20. The van der Waals surface area contributed by atoms with Gasteiger partial charge in [-0.1, -0.05) is 289 Å². The monoisotopic (exact) mass is 1180 g/mol. The first kappa shape index (κ1) is 80.7. The average molecular weight is 1180 g/mol. The van der Waals surface area contributed by atoms with Gasteiger partial charge in [0.2, 0.25) is 0 Å². The van der Waals surface area contributed by atoms with E-state index < -0.39 is 24.3 Å². The van der Waals surface area contributed by atoms with Crippen LogP contribution in [0.15, 0.2) is 122 Å². The van der Waals surface area contributed by atoms with Gasteiger partial charge < -0.3 is 33.3 Å². The van der Waals surface area contributed by atoms with Crippen molar-refractivity contribution in [2.45, 2.75) is 296 Å². The molecule has 0 rings (SSSR count). The third kappa shape index (κ3) is 67.1. The van der Waals surface area contributed by atoms with Gasteiger partial charge in [-0.05, 0) is 103 Å². The van der Waals surface area contributed by atoms with Crippen LogP contribution in [0.5, 0.6) is 0 Å². The van der Waals surface area contributed by atoms with Gasteiger partial charge in [-0.15, -0.1) is 0 Å². The summed E-state index contributed by atoms with van der Waals surface area (Å²) in [7, 11) is 5.93. The Morgan fingerprint density at radius 1 is 0.353 bits per heavy atom. The summed E-state index contributed by atoms with van der Waals surface area (Å²) in [5, 5.41) is 11.8. The van der Waals surface area contributed by atoms with Gasteiger partial charge in [0.1, 0.15) is 13.2 Å². The summed E-state index contributed by atoms with van der Waals surface area (Å²) in [6, 6.07) is 0.